The van der Waals surface area contributed by atoms with Gasteiger partial charge in [-0.2, -0.15) is 16.8 Å². The van der Waals surface area contributed by atoms with Gasteiger partial charge < -0.3 is 4.74 Å². The van der Waals surface area contributed by atoms with Crippen LogP contribution in [-0.2, 0) is 14.3 Å². The van der Waals surface area contributed by atoms with Crippen LogP contribution in [0.5, 0.6) is 0 Å². The number of thioether (sulfide) groups is 1. The van der Waals surface area contributed by atoms with E-state index in [-0.39, 0.29) is 11.4 Å². The van der Waals surface area contributed by atoms with Gasteiger partial charge in [-0.15, -0.1) is 0 Å². The number of nitrogens with zero attached hydrogens (tertiary/aromatic N) is 1. The van der Waals surface area contributed by atoms with Gasteiger partial charge in [-0.25, -0.2) is 9.59 Å². The summed E-state index contributed by atoms with van der Waals surface area (Å²) in [4.78, 5) is 26.9. The van der Waals surface area contributed by atoms with Crippen LogP contribution in [0.1, 0.15) is 48.5 Å². The van der Waals surface area contributed by atoms with Crippen LogP contribution in [0.3, 0.4) is 0 Å². The van der Waals surface area contributed by atoms with E-state index < -0.39 is 16.9 Å². The van der Waals surface area contributed by atoms with Gasteiger partial charge in [0, 0.05) is 10.5 Å². The molecule has 0 aliphatic carbocycles. The molecule has 0 aromatic heterocycles. The minimum atomic E-state index is -1.19. The first-order valence-electron chi connectivity index (χ1n) is 6.40. The van der Waals surface area contributed by atoms with Crippen LogP contribution in [0.4, 0.5) is 0 Å². The van der Waals surface area contributed by atoms with Crippen LogP contribution in [0.2, 0.25) is 0 Å². The third-order valence-electron chi connectivity index (χ3n) is 2.80. The molecule has 1 unspecified atom stereocenters. The Bertz CT molecular complexity index is 362. The molecule has 0 aromatic rings. The predicted molar refractivity (Wildman–Crippen MR) is 79.2 cm³/mol. The van der Waals surface area contributed by atoms with Crippen molar-refractivity contribution in [1.82, 2.24) is 0 Å². The second-order valence-electron chi connectivity index (χ2n) is 6.43. The summed E-state index contributed by atoms with van der Waals surface area (Å²) in [7, 11) is 0. The molecule has 0 N–H and O–H groups in total. The Labute approximate surface area is 120 Å². The van der Waals surface area contributed by atoms with E-state index in [1.54, 1.807) is 24.8 Å². The highest BCUT2D eigenvalue weighted by Crippen LogP contribution is 2.40. The van der Waals surface area contributed by atoms with Crippen LogP contribution < -0.4 is 0 Å². The largest absolute Gasteiger partial charge is 0.464 e. The Morgan fingerprint density at radius 2 is 1.74 bits per heavy atom. The van der Waals surface area contributed by atoms with Gasteiger partial charge in [0.05, 0.1) is 6.61 Å². The molecular weight excluding hydrogens is 262 g/mol. The Morgan fingerprint density at radius 3 is 2.05 bits per heavy atom. The molecule has 0 bridgehead atoms. The highest BCUT2D eigenvalue weighted by Gasteiger charge is 2.51. The Hall–Kier alpha value is -0.800. The van der Waals surface area contributed by atoms with E-state index in [4.69, 9.17) is 4.74 Å². The van der Waals surface area contributed by atoms with Crippen molar-refractivity contribution in [1.29, 1.82) is 0 Å². The summed E-state index contributed by atoms with van der Waals surface area (Å²) in [5.74, 6) is -0.0590. The number of aliphatic imine (C=N–C) groups is 1. The number of carbonyl (C=O) groups is 1. The van der Waals surface area contributed by atoms with E-state index in [2.05, 4.69) is 25.8 Å². The summed E-state index contributed by atoms with van der Waals surface area (Å²) in [6, 6.07) is 0. The summed E-state index contributed by atoms with van der Waals surface area (Å²) >= 11 is 1.59. The average molecular weight is 287 g/mol. The number of esters is 1. The zero-order chi connectivity index (χ0) is 15.3. The lowest BCUT2D eigenvalue weighted by Crippen LogP contribution is -2.52. The van der Waals surface area contributed by atoms with Gasteiger partial charge >= 0.3 is 5.97 Å². The van der Waals surface area contributed by atoms with Crippen LogP contribution >= 0.6 is 11.8 Å². The molecule has 19 heavy (non-hydrogen) atoms. The van der Waals surface area contributed by atoms with E-state index in [0.29, 0.717) is 5.75 Å². The van der Waals surface area contributed by atoms with Crippen LogP contribution in [0, 0.1) is 5.41 Å². The molecule has 0 heterocycles. The number of hydrogen-bond donors (Lipinski definition) is 0. The maximum atomic E-state index is 12.3. The zero-order valence-corrected chi connectivity index (χ0v) is 13.8. The van der Waals surface area contributed by atoms with Crippen LogP contribution in [-0.4, -0.2) is 34.7 Å². The molecule has 0 saturated heterocycles. The standard InChI is InChI=1S/C14H25NO3S/c1-8-18-11(17)14(15-10-16,12(2,3)4)9-19-13(5,6)7/h8-9H2,1-7H3. The third-order valence-corrected chi connectivity index (χ3v) is 4.23. The molecule has 0 aliphatic rings. The molecule has 0 spiro atoms. The molecule has 0 radical (unpaired) electrons. The van der Waals surface area contributed by atoms with Gasteiger partial charge in [0.1, 0.15) is 0 Å². The van der Waals surface area contributed by atoms with Gasteiger partial charge in [-0.3, -0.25) is 0 Å². The number of hydrogen-bond acceptors (Lipinski definition) is 5. The molecule has 4 nitrogen and oxygen atoms in total. The first-order chi connectivity index (χ1) is 8.50. The minimum Gasteiger partial charge on any atom is -0.464 e. The average Bonchev–Trinajstić information content (AvgIpc) is 2.21. The molecule has 0 saturated carbocycles. The molecule has 0 amide bonds. The van der Waals surface area contributed by atoms with E-state index in [1.807, 2.05) is 20.8 Å². The monoisotopic (exact) mass is 287 g/mol. The molecule has 110 valence electrons. The molecule has 0 aliphatic heterocycles. The highest BCUT2D eigenvalue weighted by atomic mass is 32.2. The van der Waals surface area contributed by atoms with E-state index >= 15 is 0 Å². The lowest BCUT2D eigenvalue weighted by Gasteiger charge is -2.39. The van der Waals surface area contributed by atoms with Gasteiger partial charge in [0.25, 0.3) is 0 Å². The van der Waals surface area contributed by atoms with Crippen molar-refractivity contribution in [2.75, 3.05) is 12.4 Å². The summed E-state index contributed by atoms with van der Waals surface area (Å²) in [6.07, 6.45) is 1.55. The zero-order valence-electron chi connectivity index (χ0n) is 13.0. The van der Waals surface area contributed by atoms with Crippen LogP contribution in [0.25, 0.3) is 0 Å². The van der Waals surface area contributed by atoms with Crippen molar-refractivity contribution < 1.29 is 14.3 Å². The molecular formula is C14H25NO3S. The van der Waals surface area contributed by atoms with Crippen molar-refractivity contribution in [3.05, 3.63) is 0 Å². The Kier molecular flexibility index (Phi) is 6.30. The normalized spacial score (nSPS) is 15.3. The SMILES string of the molecule is CCOC(=O)C(CSC(C)(C)C)(N=C=O)C(C)(C)C. The minimum absolute atomic E-state index is 0.0264. The number of rotatable bonds is 5. The van der Waals surface area contributed by atoms with Crippen molar-refractivity contribution >= 4 is 23.8 Å². The van der Waals surface area contributed by atoms with Gasteiger partial charge in [-0.05, 0) is 12.3 Å². The maximum Gasteiger partial charge on any atom is 0.336 e. The number of ether oxygens (including phenoxy) is 1. The molecule has 0 rings (SSSR count). The van der Waals surface area contributed by atoms with Gasteiger partial charge in [0.2, 0.25) is 6.08 Å². The smallest absolute Gasteiger partial charge is 0.336 e. The van der Waals surface area contributed by atoms with Gasteiger partial charge in [-0.1, -0.05) is 41.5 Å². The van der Waals surface area contributed by atoms with Crippen LogP contribution in [0.15, 0.2) is 4.99 Å². The number of carbonyl (C=O) groups excluding carboxylic acids is 2. The first-order valence-corrected chi connectivity index (χ1v) is 7.39. The van der Waals surface area contributed by atoms with Crippen molar-refractivity contribution in [3.63, 3.8) is 0 Å². The Balaban J connectivity index is 5.53. The maximum absolute atomic E-state index is 12.3. The second kappa shape index (κ2) is 6.58. The van der Waals surface area contributed by atoms with Crippen molar-refractivity contribution in [2.24, 2.45) is 10.4 Å². The first kappa shape index (κ1) is 18.2. The number of isocyanates is 1. The molecule has 1 atom stereocenters. The van der Waals surface area contributed by atoms with E-state index in [9.17, 15) is 9.59 Å². The van der Waals surface area contributed by atoms with E-state index in [1.165, 1.54) is 0 Å². The lowest BCUT2D eigenvalue weighted by atomic mass is 9.75. The quantitative estimate of drug-likeness (QED) is 0.442. The topological polar surface area (TPSA) is 55.7 Å². The molecule has 0 aromatic carbocycles. The fourth-order valence-corrected chi connectivity index (χ4v) is 2.73. The second-order valence-corrected chi connectivity index (χ2v) is 8.24. The summed E-state index contributed by atoms with van der Waals surface area (Å²) < 4.78 is 5.10. The lowest BCUT2D eigenvalue weighted by molar-refractivity contribution is -0.152. The highest BCUT2D eigenvalue weighted by molar-refractivity contribution is 8.00. The predicted octanol–water partition coefficient (Wildman–Crippen LogP) is 3.20. The fraction of sp³-hybridized carbons (Fsp3) is 0.857. The summed E-state index contributed by atoms with van der Waals surface area (Å²) in [6.45, 7) is 13.8. The van der Waals surface area contributed by atoms with Crippen molar-refractivity contribution in [3.8, 4) is 0 Å². The molecule has 0 fully saturated rings. The van der Waals surface area contributed by atoms with E-state index in [0.717, 1.165) is 0 Å². The summed E-state index contributed by atoms with van der Waals surface area (Å²) in [5, 5.41) is 0. The Morgan fingerprint density at radius 1 is 1.21 bits per heavy atom. The summed E-state index contributed by atoms with van der Waals surface area (Å²) in [5.41, 5.74) is -1.71. The van der Waals surface area contributed by atoms with Crippen molar-refractivity contribution in [2.45, 2.75) is 58.8 Å². The third kappa shape index (κ3) is 5.00. The van der Waals surface area contributed by atoms with Gasteiger partial charge in [0.15, 0.2) is 5.54 Å². The fourth-order valence-electron chi connectivity index (χ4n) is 1.48. The molecule has 5 heteroatoms.